The standard InChI is InChI=1S/C36H24N2S/c1-2-8-25(9-3-1)27-15-18-28(19-16-27)33-24-34(38-36(37-33)35-14-7-21-39-35)32-13-6-12-30(23-32)31-20-17-26-10-4-5-11-29(26)22-31/h1-24H. The molecule has 3 heteroatoms. The number of hydrogen-bond acceptors (Lipinski definition) is 3. The van der Waals surface area contributed by atoms with Crippen LogP contribution in [0.3, 0.4) is 0 Å². The molecule has 0 aliphatic heterocycles. The smallest absolute Gasteiger partial charge is 0.170 e. The monoisotopic (exact) mass is 516 g/mol. The molecule has 0 unspecified atom stereocenters. The van der Waals surface area contributed by atoms with Crippen molar-refractivity contribution >= 4 is 22.1 Å². The van der Waals surface area contributed by atoms with Crippen LogP contribution in [0, 0.1) is 0 Å². The van der Waals surface area contributed by atoms with Crippen molar-refractivity contribution < 1.29 is 0 Å². The van der Waals surface area contributed by atoms with Crippen LogP contribution >= 0.6 is 11.3 Å². The lowest BCUT2D eigenvalue weighted by atomic mass is 9.98. The van der Waals surface area contributed by atoms with E-state index < -0.39 is 0 Å². The second-order valence-corrected chi connectivity index (χ2v) is 10.5. The highest BCUT2D eigenvalue weighted by molar-refractivity contribution is 7.13. The molecule has 0 radical (unpaired) electrons. The number of fused-ring (bicyclic) bond motifs is 1. The zero-order valence-corrected chi connectivity index (χ0v) is 22.0. The summed E-state index contributed by atoms with van der Waals surface area (Å²) in [5.74, 6) is 0.751. The number of aromatic nitrogens is 2. The van der Waals surface area contributed by atoms with Gasteiger partial charge < -0.3 is 0 Å². The van der Waals surface area contributed by atoms with Gasteiger partial charge in [0, 0.05) is 11.1 Å². The lowest BCUT2D eigenvalue weighted by Gasteiger charge is -2.11. The van der Waals surface area contributed by atoms with E-state index in [9.17, 15) is 0 Å². The van der Waals surface area contributed by atoms with Gasteiger partial charge in [0.1, 0.15) is 0 Å². The molecule has 2 nitrogen and oxygen atoms in total. The topological polar surface area (TPSA) is 25.8 Å². The van der Waals surface area contributed by atoms with Crippen LogP contribution in [0.2, 0.25) is 0 Å². The third-order valence-electron chi connectivity index (χ3n) is 7.00. The van der Waals surface area contributed by atoms with Crippen LogP contribution in [-0.2, 0) is 0 Å². The molecule has 7 rings (SSSR count). The zero-order chi connectivity index (χ0) is 26.0. The average Bonchev–Trinajstić information content (AvgIpc) is 3.57. The SMILES string of the molecule is c1ccc(-c2ccc(-c3cc(-c4cccc(-c5ccc6ccccc6c5)c4)nc(-c4cccs4)n3)cc2)cc1. The van der Waals surface area contributed by atoms with Crippen molar-refractivity contribution in [3.8, 4) is 55.5 Å². The van der Waals surface area contributed by atoms with E-state index in [0.29, 0.717) is 0 Å². The molecule has 184 valence electrons. The number of benzene rings is 5. The highest BCUT2D eigenvalue weighted by Gasteiger charge is 2.12. The van der Waals surface area contributed by atoms with Crippen LogP contribution in [0.5, 0.6) is 0 Å². The maximum Gasteiger partial charge on any atom is 0.170 e. The van der Waals surface area contributed by atoms with Gasteiger partial charge in [0.05, 0.1) is 16.3 Å². The highest BCUT2D eigenvalue weighted by atomic mass is 32.1. The second-order valence-electron chi connectivity index (χ2n) is 9.53. The second kappa shape index (κ2) is 10.1. The average molecular weight is 517 g/mol. The fourth-order valence-corrected chi connectivity index (χ4v) is 5.61. The van der Waals surface area contributed by atoms with Crippen LogP contribution < -0.4 is 0 Å². The Morgan fingerprint density at radius 2 is 1.00 bits per heavy atom. The fraction of sp³-hybridized carbons (Fsp3) is 0. The van der Waals surface area contributed by atoms with Crippen molar-refractivity contribution in [2.24, 2.45) is 0 Å². The minimum Gasteiger partial charge on any atom is -0.227 e. The molecule has 0 spiro atoms. The number of thiophene rings is 1. The van der Waals surface area contributed by atoms with E-state index >= 15 is 0 Å². The first-order valence-electron chi connectivity index (χ1n) is 13.0. The number of nitrogens with zero attached hydrogens (tertiary/aromatic N) is 2. The van der Waals surface area contributed by atoms with Gasteiger partial charge in [0.2, 0.25) is 0 Å². The molecule has 2 aromatic heterocycles. The molecule has 2 heterocycles. The van der Waals surface area contributed by atoms with Crippen LogP contribution in [0.4, 0.5) is 0 Å². The molecule has 0 aliphatic carbocycles. The maximum atomic E-state index is 5.02. The number of hydrogen-bond donors (Lipinski definition) is 0. The molecule has 39 heavy (non-hydrogen) atoms. The zero-order valence-electron chi connectivity index (χ0n) is 21.2. The van der Waals surface area contributed by atoms with Crippen LogP contribution in [0.1, 0.15) is 0 Å². The molecule has 0 saturated heterocycles. The molecular weight excluding hydrogens is 492 g/mol. The van der Waals surface area contributed by atoms with Gasteiger partial charge in [0.15, 0.2) is 5.82 Å². The van der Waals surface area contributed by atoms with E-state index in [4.69, 9.17) is 9.97 Å². The summed E-state index contributed by atoms with van der Waals surface area (Å²) < 4.78 is 0. The first-order valence-corrected chi connectivity index (χ1v) is 13.9. The van der Waals surface area contributed by atoms with Crippen molar-refractivity contribution in [2.75, 3.05) is 0 Å². The molecule has 7 aromatic rings. The predicted molar refractivity (Wildman–Crippen MR) is 165 cm³/mol. The minimum absolute atomic E-state index is 0.751. The van der Waals surface area contributed by atoms with E-state index in [1.165, 1.54) is 33.0 Å². The quantitative estimate of drug-likeness (QED) is 0.227. The van der Waals surface area contributed by atoms with Crippen molar-refractivity contribution in [1.82, 2.24) is 9.97 Å². The minimum atomic E-state index is 0.751. The summed E-state index contributed by atoms with van der Waals surface area (Å²) in [6.45, 7) is 0. The van der Waals surface area contributed by atoms with Gasteiger partial charge in [0.25, 0.3) is 0 Å². The normalized spacial score (nSPS) is 11.1. The van der Waals surface area contributed by atoms with Gasteiger partial charge in [-0.3, -0.25) is 0 Å². The van der Waals surface area contributed by atoms with Crippen molar-refractivity contribution in [3.63, 3.8) is 0 Å². The van der Waals surface area contributed by atoms with E-state index in [2.05, 4.69) is 133 Å². The van der Waals surface area contributed by atoms with Gasteiger partial charge in [-0.05, 0) is 62.7 Å². The van der Waals surface area contributed by atoms with Crippen molar-refractivity contribution in [2.45, 2.75) is 0 Å². The lowest BCUT2D eigenvalue weighted by molar-refractivity contribution is 1.19. The molecule has 0 atom stereocenters. The summed E-state index contributed by atoms with van der Waals surface area (Å²) in [5.41, 5.74) is 8.73. The molecule has 0 saturated carbocycles. The Kier molecular flexibility index (Phi) is 6.04. The van der Waals surface area contributed by atoms with Crippen LogP contribution in [-0.4, -0.2) is 9.97 Å². The van der Waals surface area contributed by atoms with Crippen LogP contribution in [0.15, 0.2) is 145 Å². The molecule has 0 amide bonds. The Labute approximate surface area is 231 Å². The Bertz CT molecular complexity index is 1890. The van der Waals surface area contributed by atoms with E-state index in [1.807, 2.05) is 12.1 Å². The summed E-state index contributed by atoms with van der Waals surface area (Å²) in [5, 5.41) is 4.56. The Morgan fingerprint density at radius 3 is 1.79 bits per heavy atom. The predicted octanol–water partition coefficient (Wildman–Crippen LogP) is 10.0. The maximum absolute atomic E-state index is 5.02. The van der Waals surface area contributed by atoms with Gasteiger partial charge in [-0.25, -0.2) is 9.97 Å². The van der Waals surface area contributed by atoms with Crippen LogP contribution in [0.25, 0.3) is 66.2 Å². The molecule has 0 N–H and O–H groups in total. The summed E-state index contributed by atoms with van der Waals surface area (Å²) in [4.78, 5) is 11.1. The lowest BCUT2D eigenvalue weighted by Crippen LogP contribution is -1.95. The summed E-state index contributed by atoms with van der Waals surface area (Å²) >= 11 is 1.66. The summed E-state index contributed by atoms with van der Waals surface area (Å²) in [6.07, 6.45) is 0. The Morgan fingerprint density at radius 1 is 0.385 bits per heavy atom. The number of rotatable bonds is 5. The molecule has 0 fully saturated rings. The highest BCUT2D eigenvalue weighted by Crippen LogP contribution is 2.33. The van der Waals surface area contributed by atoms with E-state index in [0.717, 1.165) is 33.2 Å². The van der Waals surface area contributed by atoms with Crippen molar-refractivity contribution in [1.29, 1.82) is 0 Å². The summed E-state index contributed by atoms with van der Waals surface area (Å²) in [6, 6.07) is 49.1. The largest absolute Gasteiger partial charge is 0.227 e. The third-order valence-corrected chi connectivity index (χ3v) is 7.86. The van der Waals surface area contributed by atoms with Crippen molar-refractivity contribution in [3.05, 3.63) is 145 Å². The van der Waals surface area contributed by atoms with Gasteiger partial charge >= 0.3 is 0 Å². The summed E-state index contributed by atoms with van der Waals surface area (Å²) in [7, 11) is 0. The van der Waals surface area contributed by atoms with Gasteiger partial charge in [-0.15, -0.1) is 11.3 Å². The fourth-order valence-electron chi connectivity index (χ4n) is 4.95. The van der Waals surface area contributed by atoms with E-state index in [1.54, 1.807) is 11.3 Å². The molecular formula is C36H24N2S. The molecule has 0 aliphatic rings. The third kappa shape index (κ3) is 4.76. The Balaban J connectivity index is 1.31. The van der Waals surface area contributed by atoms with Gasteiger partial charge in [-0.1, -0.05) is 115 Å². The van der Waals surface area contributed by atoms with E-state index in [-0.39, 0.29) is 0 Å². The molecule has 5 aromatic carbocycles. The first kappa shape index (κ1) is 23.3. The first-order chi connectivity index (χ1) is 19.3. The Hall–Kier alpha value is -4.86. The van der Waals surface area contributed by atoms with Gasteiger partial charge in [-0.2, -0.15) is 0 Å². The molecule has 0 bridgehead atoms.